The Morgan fingerprint density at radius 1 is 1.26 bits per heavy atom. The number of hydrogen-bond acceptors (Lipinski definition) is 3. The lowest BCUT2D eigenvalue weighted by atomic mass is 9.67. The van der Waals surface area contributed by atoms with E-state index in [1.54, 1.807) is 0 Å². The van der Waals surface area contributed by atoms with Crippen LogP contribution < -0.4 is 0 Å². The van der Waals surface area contributed by atoms with Crippen LogP contribution >= 0.6 is 0 Å². The van der Waals surface area contributed by atoms with Crippen LogP contribution in [0.3, 0.4) is 0 Å². The van der Waals surface area contributed by atoms with E-state index < -0.39 is 0 Å². The minimum absolute atomic E-state index is 0.156. The summed E-state index contributed by atoms with van der Waals surface area (Å²) in [4.78, 5) is 15.3. The summed E-state index contributed by atoms with van der Waals surface area (Å²) in [6, 6.07) is 3.88. The van der Waals surface area contributed by atoms with Crippen molar-refractivity contribution in [3.8, 4) is 0 Å². The van der Waals surface area contributed by atoms with E-state index >= 15 is 0 Å². The lowest BCUT2D eigenvalue weighted by Crippen LogP contribution is -2.35. The molecule has 3 aliphatic rings. The minimum Gasteiger partial charge on any atom is -0.347 e. The van der Waals surface area contributed by atoms with Crippen molar-refractivity contribution in [1.82, 2.24) is 24.2 Å². The average Bonchev–Trinajstić information content (AvgIpc) is 3.03. The fourth-order valence-electron chi connectivity index (χ4n) is 5.34. The third-order valence-electron chi connectivity index (χ3n) is 7.06. The Morgan fingerprint density at radius 3 is 2.78 bits per heavy atom. The van der Waals surface area contributed by atoms with E-state index in [1.807, 2.05) is 36.3 Å². The number of rotatable bonds is 4. The Labute approximate surface area is 160 Å². The van der Waals surface area contributed by atoms with E-state index in [-0.39, 0.29) is 11.3 Å². The molecule has 1 saturated heterocycles. The van der Waals surface area contributed by atoms with Gasteiger partial charge in [0.05, 0.1) is 0 Å². The van der Waals surface area contributed by atoms with Crippen molar-refractivity contribution in [3.05, 3.63) is 36.2 Å². The Balaban J connectivity index is 1.46. The fraction of sp³-hybridized carbons (Fsp3) is 0.667. The van der Waals surface area contributed by atoms with E-state index in [1.165, 1.54) is 44.9 Å². The van der Waals surface area contributed by atoms with Gasteiger partial charge >= 0.3 is 0 Å². The van der Waals surface area contributed by atoms with Crippen LogP contribution in [-0.2, 0) is 13.6 Å². The summed E-state index contributed by atoms with van der Waals surface area (Å²) in [5.74, 6) is 2.38. The van der Waals surface area contributed by atoms with Gasteiger partial charge in [-0.15, -0.1) is 10.2 Å². The molecule has 1 amide bonds. The lowest BCUT2D eigenvalue weighted by Gasteiger charge is -2.37. The standard InChI is InChI=1S/C21H29N5O/c1-24-11-5-6-18(24)20(27)25-13-17(21(14-25)9-3-2-4-10-21)19-23-22-15-26(19)12-16-7-8-16/h5-6,11,15-17H,2-4,7-10,12-14H2,1H3. The molecule has 0 N–H and O–H groups in total. The molecular weight excluding hydrogens is 338 g/mol. The maximum atomic E-state index is 13.2. The first-order valence-corrected chi connectivity index (χ1v) is 10.4. The smallest absolute Gasteiger partial charge is 0.270 e. The number of hydrogen-bond donors (Lipinski definition) is 0. The Bertz CT molecular complexity index is 827. The van der Waals surface area contributed by atoms with Gasteiger partial charge in [-0.2, -0.15) is 0 Å². The van der Waals surface area contributed by atoms with Gasteiger partial charge < -0.3 is 14.0 Å². The van der Waals surface area contributed by atoms with Crippen molar-refractivity contribution >= 4 is 5.91 Å². The predicted octanol–water partition coefficient (Wildman–Crippen LogP) is 3.22. The molecule has 6 heteroatoms. The molecule has 1 spiro atoms. The predicted molar refractivity (Wildman–Crippen MR) is 102 cm³/mol. The molecule has 1 aliphatic heterocycles. The largest absolute Gasteiger partial charge is 0.347 e. The van der Waals surface area contributed by atoms with Gasteiger partial charge in [0, 0.05) is 38.8 Å². The van der Waals surface area contributed by atoms with Crippen molar-refractivity contribution in [2.45, 2.75) is 57.4 Å². The van der Waals surface area contributed by atoms with Gasteiger partial charge in [-0.25, -0.2) is 0 Å². The van der Waals surface area contributed by atoms with Crippen LogP contribution in [0.1, 0.15) is 67.2 Å². The Morgan fingerprint density at radius 2 is 2.07 bits per heavy atom. The molecule has 144 valence electrons. The summed E-state index contributed by atoms with van der Waals surface area (Å²) < 4.78 is 4.22. The molecule has 27 heavy (non-hydrogen) atoms. The molecule has 6 nitrogen and oxygen atoms in total. The molecule has 2 saturated carbocycles. The zero-order valence-corrected chi connectivity index (χ0v) is 16.2. The molecule has 0 aromatic carbocycles. The molecule has 1 unspecified atom stereocenters. The molecule has 2 aliphatic carbocycles. The summed E-state index contributed by atoms with van der Waals surface area (Å²) in [5, 5.41) is 8.84. The second-order valence-corrected chi connectivity index (χ2v) is 8.95. The summed E-state index contributed by atoms with van der Waals surface area (Å²) in [6.07, 6.45) is 12.7. The zero-order chi connectivity index (χ0) is 18.4. The summed E-state index contributed by atoms with van der Waals surface area (Å²) in [7, 11) is 1.95. The van der Waals surface area contributed by atoms with Gasteiger partial charge in [0.25, 0.3) is 5.91 Å². The van der Waals surface area contributed by atoms with E-state index in [9.17, 15) is 4.79 Å². The number of amides is 1. The van der Waals surface area contributed by atoms with Crippen molar-refractivity contribution < 1.29 is 4.79 Å². The maximum absolute atomic E-state index is 13.2. The van der Waals surface area contributed by atoms with Crippen molar-refractivity contribution in [3.63, 3.8) is 0 Å². The van der Waals surface area contributed by atoms with Gasteiger partial charge in [0.15, 0.2) is 0 Å². The number of aromatic nitrogens is 4. The lowest BCUT2D eigenvalue weighted by molar-refractivity contribution is 0.0749. The molecule has 5 rings (SSSR count). The first kappa shape index (κ1) is 17.0. The van der Waals surface area contributed by atoms with Crippen molar-refractivity contribution in [2.24, 2.45) is 18.4 Å². The van der Waals surface area contributed by atoms with Crippen LogP contribution in [0, 0.1) is 11.3 Å². The third-order valence-corrected chi connectivity index (χ3v) is 7.06. The average molecular weight is 367 g/mol. The molecule has 2 aromatic rings. The first-order chi connectivity index (χ1) is 13.2. The topological polar surface area (TPSA) is 56.0 Å². The Kier molecular flexibility index (Phi) is 4.10. The first-order valence-electron chi connectivity index (χ1n) is 10.4. The van der Waals surface area contributed by atoms with E-state index in [0.29, 0.717) is 5.92 Å². The molecule has 1 atom stereocenters. The highest BCUT2D eigenvalue weighted by molar-refractivity contribution is 5.93. The monoisotopic (exact) mass is 367 g/mol. The highest BCUT2D eigenvalue weighted by Crippen LogP contribution is 2.52. The van der Waals surface area contributed by atoms with Crippen LogP contribution in [0.2, 0.25) is 0 Å². The number of carbonyl (C=O) groups excluding carboxylic acids is 1. The highest BCUT2D eigenvalue weighted by atomic mass is 16.2. The van der Waals surface area contributed by atoms with E-state index in [2.05, 4.69) is 19.7 Å². The van der Waals surface area contributed by atoms with Gasteiger partial charge in [-0.05, 0) is 49.1 Å². The molecule has 3 fully saturated rings. The van der Waals surface area contributed by atoms with Gasteiger partial charge in [-0.3, -0.25) is 4.79 Å². The summed E-state index contributed by atoms with van der Waals surface area (Å²) >= 11 is 0. The van der Waals surface area contributed by atoms with Crippen molar-refractivity contribution in [1.29, 1.82) is 0 Å². The number of nitrogens with zero attached hydrogens (tertiary/aromatic N) is 5. The van der Waals surface area contributed by atoms with Crippen molar-refractivity contribution in [2.75, 3.05) is 13.1 Å². The number of likely N-dealkylation sites (tertiary alicyclic amines) is 1. The molecule has 3 heterocycles. The third kappa shape index (κ3) is 2.99. The number of carbonyl (C=O) groups is 1. The fourth-order valence-corrected chi connectivity index (χ4v) is 5.34. The van der Waals surface area contributed by atoms with E-state index in [4.69, 9.17) is 0 Å². The quantitative estimate of drug-likeness (QED) is 0.834. The SMILES string of the molecule is Cn1cccc1C(=O)N1CC(c2nncn2CC2CC2)C2(CCCCC2)C1. The van der Waals surface area contributed by atoms with Crippen LogP contribution in [-0.4, -0.2) is 43.2 Å². The van der Waals surface area contributed by atoms with Gasteiger partial charge in [-0.1, -0.05) is 19.3 Å². The molecule has 0 bridgehead atoms. The zero-order valence-electron chi connectivity index (χ0n) is 16.2. The molecular formula is C21H29N5O. The molecule has 2 aromatic heterocycles. The van der Waals surface area contributed by atoms with E-state index in [0.717, 1.165) is 37.1 Å². The minimum atomic E-state index is 0.156. The van der Waals surface area contributed by atoms with Crippen LogP contribution in [0.5, 0.6) is 0 Å². The maximum Gasteiger partial charge on any atom is 0.270 e. The second kappa shape index (κ2) is 6.50. The van der Waals surface area contributed by atoms with Gasteiger partial charge in [0.2, 0.25) is 0 Å². The number of aryl methyl sites for hydroxylation is 1. The molecule has 0 radical (unpaired) electrons. The second-order valence-electron chi connectivity index (χ2n) is 8.95. The summed E-state index contributed by atoms with van der Waals surface area (Å²) in [5.41, 5.74) is 0.953. The van der Waals surface area contributed by atoms with Crippen LogP contribution in [0.15, 0.2) is 24.7 Å². The highest BCUT2D eigenvalue weighted by Gasteiger charge is 2.51. The van der Waals surface area contributed by atoms with Crippen LogP contribution in [0.25, 0.3) is 0 Å². The van der Waals surface area contributed by atoms with Gasteiger partial charge in [0.1, 0.15) is 17.8 Å². The normalized spacial score (nSPS) is 24.6. The summed E-state index contributed by atoms with van der Waals surface area (Å²) in [6.45, 7) is 2.67. The Hall–Kier alpha value is -2.11. The van der Waals surface area contributed by atoms with Crippen LogP contribution in [0.4, 0.5) is 0 Å².